The van der Waals surface area contributed by atoms with E-state index in [1.54, 1.807) is 24.3 Å². The summed E-state index contributed by atoms with van der Waals surface area (Å²) in [6, 6.07) is 21.5. The maximum Gasteiger partial charge on any atom is 0.123 e. The van der Waals surface area contributed by atoms with E-state index < -0.39 is 0 Å². The van der Waals surface area contributed by atoms with Crippen LogP contribution in [-0.4, -0.2) is 0 Å². The maximum atomic E-state index is 13.9. The number of halogens is 3. The van der Waals surface area contributed by atoms with Crippen LogP contribution in [0.1, 0.15) is 0 Å². The first-order valence-electron chi connectivity index (χ1n) is 8.60. The summed E-state index contributed by atoms with van der Waals surface area (Å²) in [4.78, 5) is 0. The first kappa shape index (κ1) is 15.9. The van der Waals surface area contributed by atoms with Gasteiger partial charge in [0.25, 0.3) is 0 Å². The largest absolute Gasteiger partial charge is 0.207 e. The molecule has 0 N–H and O–H groups in total. The zero-order valence-electron chi connectivity index (χ0n) is 14.1. The number of hydrogen-bond acceptors (Lipinski definition) is 0. The van der Waals surface area contributed by atoms with E-state index in [1.807, 2.05) is 18.2 Å². The van der Waals surface area contributed by atoms with Crippen molar-refractivity contribution in [2.45, 2.75) is 0 Å². The molecular weight excluding hydrogens is 345 g/mol. The molecule has 5 aromatic rings. The van der Waals surface area contributed by atoms with Gasteiger partial charge in [0.1, 0.15) is 17.5 Å². The Morgan fingerprint density at radius 3 is 1.33 bits per heavy atom. The van der Waals surface area contributed by atoms with Crippen molar-refractivity contribution >= 4 is 32.3 Å². The van der Waals surface area contributed by atoms with Crippen molar-refractivity contribution in [1.82, 2.24) is 0 Å². The van der Waals surface area contributed by atoms with Crippen LogP contribution in [0.15, 0.2) is 78.9 Å². The predicted octanol–water partition coefficient (Wildman–Crippen LogP) is 7.23. The lowest BCUT2D eigenvalue weighted by atomic mass is 9.92. The third-order valence-electron chi connectivity index (χ3n) is 5.03. The maximum absolute atomic E-state index is 13.9. The molecule has 0 saturated heterocycles. The molecule has 27 heavy (non-hydrogen) atoms. The van der Waals surface area contributed by atoms with Crippen molar-refractivity contribution in [2.24, 2.45) is 0 Å². The van der Waals surface area contributed by atoms with E-state index in [0.29, 0.717) is 10.8 Å². The summed E-state index contributed by atoms with van der Waals surface area (Å²) >= 11 is 0. The summed E-state index contributed by atoms with van der Waals surface area (Å²) in [5.41, 5.74) is 1.84. The zero-order valence-corrected chi connectivity index (χ0v) is 14.1. The molecule has 0 aliphatic rings. The second kappa shape index (κ2) is 5.85. The quantitative estimate of drug-likeness (QED) is 0.277. The van der Waals surface area contributed by atoms with Gasteiger partial charge in [-0.2, -0.15) is 0 Å². The van der Waals surface area contributed by atoms with E-state index in [4.69, 9.17) is 0 Å². The molecule has 5 rings (SSSR count). The topological polar surface area (TPSA) is 0 Å². The van der Waals surface area contributed by atoms with E-state index in [2.05, 4.69) is 0 Å². The highest BCUT2D eigenvalue weighted by molar-refractivity contribution is 6.25. The van der Waals surface area contributed by atoms with E-state index in [9.17, 15) is 13.2 Å². The number of benzene rings is 5. The third kappa shape index (κ3) is 2.55. The minimum Gasteiger partial charge on any atom is -0.207 e. The minimum absolute atomic E-state index is 0.284. The average Bonchev–Trinajstić information content (AvgIpc) is 2.68. The van der Waals surface area contributed by atoms with Crippen molar-refractivity contribution in [3.63, 3.8) is 0 Å². The summed E-state index contributed by atoms with van der Waals surface area (Å²) in [5, 5.41) is 5.00. The fourth-order valence-electron chi connectivity index (χ4n) is 3.77. The van der Waals surface area contributed by atoms with Gasteiger partial charge < -0.3 is 0 Å². The Hall–Kier alpha value is -3.33. The van der Waals surface area contributed by atoms with Crippen molar-refractivity contribution in [3.05, 3.63) is 96.3 Å². The highest BCUT2D eigenvalue weighted by Crippen LogP contribution is 2.37. The van der Waals surface area contributed by atoms with Crippen LogP contribution in [0.2, 0.25) is 0 Å². The van der Waals surface area contributed by atoms with E-state index in [-0.39, 0.29) is 17.5 Å². The number of hydrogen-bond donors (Lipinski definition) is 0. The molecule has 0 bridgehead atoms. The van der Waals surface area contributed by atoms with Crippen LogP contribution in [0.3, 0.4) is 0 Å². The standard InChI is InChI=1S/C24H13F3/c25-16-4-1-14(2-5-16)15-3-8-19-20-9-6-17(26)12-23(20)24-13-18(27)7-10-21(24)22(19)11-15/h1-13H. The molecule has 5 aromatic carbocycles. The van der Waals surface area contributed by atoms with Crippen LogP contribution in [0.5, 0.6) is 0 Å². The molecule has 0 unspecified atom stereocenters. The van der Waals surface area contributed by atoms with Gasteiger partial charge in [0.05, 0.1) is 0 Å². The van der Waals surface area contributed by atoms with Gasteiger partial charge in [-0.25, -0.2) is 13.2 Å². The van der Waals surface area contributed by atoms with Gasteiger partial charge in [-0.1, -0.05) is 36.4 Å². The molecule has 130 valence electrons. The van der Waals surface area contributed by atoms with Gasteiger partial charge in [-0.15, -0.1) is 0 Å². The fraction of sp³-hybridized carbons (Fsp3) is 0. The fourth-order valence-corrected chi connectivity index (χ4v) is 3.77. The lowest BCUT2D eigenvalue weighted by molar-refractivity contribution is 0.628. The first-order chi connectivity index (χ1) is 13.1. The molecule has 3 heteroatoms. The molecule has 0 atom stereocenters. The van der Waals surface area contributed by atoms with Crippen LogP contribution >= 0.6 is 0 Å². The van der Waals surface area contributed by atoms with Crippen molar-refractivity contribution in [1.29, 1.82) is 0 Å². The first-order valence-corrected chi connectivity index (χ1v) is 8.60. The molecule has 0 saturated carbocycles. The van der Waals surface area contributed by atoms with Crippen molar-refractivity contribution in [3.8, 4) is 11.1 Å². The van der Waals surface area contributed by atoms with Gasteiger partial charge in [0, 0.05) is 0 Å². The van der Waals surface area contributed by atoms with E-state index in [1.165, 1.54) is 36.4 Å². The smallest absolute Gasteiger partial charge is 0.123 e. The van der Waals surface area contributed by atoms with Gasteiger partial charge in [0.2, 0.25) is 0 Å². The molecular formula is C24H13F3. The molecule has 0 radical (unpaired) electrons. The molecule has 0 nitrogen and oxygen atoms in total. The Labute approximate surface area is 153 Å². The molecule has 0 aliphatic heterocycles. The Morgan fingerprint density at radius 2 is 0.741 bits per heavy atom. The second-order valence-corrected chi connectivity index (χ2v) is 6.65. The molecule has 0 spiro atoms. The van der Waals surface area contributed by atoms with Gasteiger partial charge >= 0.3 is 0 Å². The Kier molecular flexibility index (Phi) is 3.44. The van der Waals surface area contributed by atoms with E-state index in [0.717, 1.165) is 32.7 Å². The third-order valence-corrected chi connectivity index (χ3v) is 5.03. The van der Waals surface area contributed by atoms with Crippen LogP contribution in [0, 0.1) is 17.5 Å². The molecule has 0 aromatic heterocycles. The van der Waals surface area contributed by atoms with Crippen LogP contribution in [0.4, 0.5) is 13.2 Å². The Bertz CT molecular complexity index is 1340. The normalized spacial score (nSPS) is 11.5. The summed E-state index contributed by atoms with van der Waals surface area (Å²) in [6.07, 6.45) is 0. The van der Waals surface area contributed by atoms with Gasteiger partial charge in [-0.3, -0.25) is 0 Å². The summed E-state index contributed by atoms with van der Waals surface area (Å²) < 4.78 is 41.0. The Morgan fingerprint density at radius 1 is 0.333 bits per heavy atom. The van der Waals surface area contributed by atoms with Gasteiger partial charge in [0.15, 0.2) is 0 Å². The lowest BCUT2D eigenvalue weighted by Crippen LogP contribution is -1.87. The second-order valence-electron chi connectivity index (χ2n) is 6.65. The minimum atomic E-state index is -0.359. The number of rotatable bonds is 1. The van der Waals surface area contributed by atoms with Crippen molar-refractivity contribution < 1.29 is 13.2 Å². The van der Waals surface area contributed by atoms with Crippen LogP contribution in [-0.2, 0) is 0 Å². The highest BCUT2D eigenvalue weighted by Gasteiger charge is 2.11. The average molecular weight is 358 g/mol. The SMILES string of the molecule is Fc1ccc(-c2ccc3c4ccc(F)cc4c4cc(F)ccc4c3c2)cc1. The summed E-state index contributed by atoms with van der Waals surface area (Å²) in [7, 11) is 0. The van der Waals surface area contributed by atoms with E-state index >= 15 is 0 Å². The molecule has 0 amide bonds. The van der Waals surface area contributed by atoms with Crippen molar-refractivity contribution in [2.75, 3.05) is 0 Å². The highest BCUT2D eigenvalue weighted by atomic mass is 19.1. The molecule has 0 fully saturated rings. The summed E-state index contributed by atoms with van der Waals surface area (Å²) in [6.45, 7) is 0. The van der Waals surface area contributed by atoms with Gasteiger partial charge in [-0.05, 0) is 85.9 Å². The Balaban J connectivity index is 1.92. The zero-order chi connectivity index (χ0) is 18.5. The molecule has 0 aliphatic carbocycles. The van der Waals surface area contributed by atoms with Crippen LogP contribution in [0.25, 0.3) is 43.4 Å². The summed E-state index contributed by atoms with van der Waals surface area (Å²) in [5.74, 6) is -0.995. The number of fused-ring (bicyclic) bond motifs is 6. The van der Waals surface area contributed by atoms with Crippen LogP contribution < -0.4 is 0 Å². The molecule has 0 heterocycles. The monoisotopic (exact) mass is 358 g/mol. The lowest BCUT2D eigenvalue weighted by Gasteiger charge is -2.12. The predicted molar refractivity (Wildman–Crippen MR) is 104 cm³/mol.